The number of morpholine rings is 1. The minimum absolute atomic E-state index is 0.0905. The molecule has 0 radical (unpaired) electrons. The first-order chi connectivity index (χ1) is 15.2. The first kappa shape index (κ1) is 22.0. The highest BCUT2D eigenvalue weighted by Crippen LogP contribution is 2.64. The summed E-state index contributed by atoms with van der Waals surface area (Å²) in [6.45, 7) is 7.85. The lowest BCUT2D eigenvalue weighted by Gasteiger charge is -2.33. The van der Waals surface area contributed by atoms with Crippen LogP contribution in [0.4, 0.5) is 19.0 Å². The molecule has 174 valence electrons. The predicted molar refractivity (Wildman–Crippen MR) is 117 cm³/mol. The molecule has 1 aliphatic heterocycles. The van der Waals surface area contributed by atoms with Crippen molar-refractivity contribution in [3.63, 3.8) is 0 Å². The number of hydrogen-bond donors (Lipinski definition) is 1. The standard InChI is InChI=1S/C22H28F3N5OS/c1-12(2)30-18(20-15-8-14(9-16(15)20)29-3-5-31-6-4-29)10-17(28-30)13-7-19(21(26)27-11-13)32-22(23,24)25/h7,10-12,14-16,20H,3-6,8-9H2,1-2H3,(H2,26,27). The summed E-state index contributed by atoms with van der Waals surface area (Å²) in [5.41, 5.74) is 3.66. The number of alkyl halides is 3. The Kier molecular flexibility index (Phi) is 5.66. The molecule has 0 aromatic carbocycles. The SMILES string of the molecule is CC(C)n1nc(-c2cnc(N)c(SC(F)(F)F)c2)cc1C1C2CC(N3CCOCC3)CC21. The van der Waals surface area contributed by atoms with Gasteiger partial charge in [0.05, 0.1) is 23.8 Å². The van der Waals surface area contributed by atoms with E-state index in [2.05, 4.69) is 23.7 Å². The lowest BCUT2D eigenvalue weighted by atomic mass is 10.0. The van der Waals surface area contributed by atoms with Gasteiger partial charge in [0.1, 0.15) is 5.82 Å². The highest BCUT2D eigenvalue weighted by Gasteiger charge is 2.58. The number of anilines is 1. The van der Waals surface area contributed by atoms with E-state index >= 15 is 0 Å². The van der Waals surface area contributed by atoms with Gasteiger partial charge >= 0.3 is 5.51 Å². The van der Waals surface area contributed by atoms with Crippen LogP contribution in [0.3, 0.4) is 0 Å². The number of pyridine rings is 1. The maximum absolute atomic E-state index is 12.9. The van der Waals surface area contributed by atoms with E-state index in [1.54, 1.807) is 0 Å². The number of nitrogens with zero attached hydrogens (tertiary/aromatic N) is 4. The molecular formula is C22H28F3N5OS. The van der Waals surface area contributed by atoms with Crippen molar-refractivity contribution in [2.24, 2.45) is 11.8 Å². The molecule has 5 rings (SSSR count). The number of thioether (sulfide) groups is 1. The van der Waals surface area contributed by atoms with Gasteiger partial charge in [-0.15, -0.1) is 0 Å². The van der Waals surface area contributed by atoms with Crippen molar-refractivity contribution in [1.82, 2.24) is 19.7 Å². The number of aromatic nitrogens is 3. The van der Waals surface area contributed by atoms with Gasteiger partial charge in [0, 0.05) is 48.5 Å². The molecule has 0 bridgehead atoms. The van der Waals surface area contributed by atoms with Crippen molar-refractivity contribution < 1.29 is 17.9 Å². The van der Waals surface area contributed by atoms with E-state index in [1.165, 1.54) is 30.8 Å². The van der Waals surface area contributed by atoms with Crippen LogP contribution in [0.2, 0.25) is 0 Å². The van der Waals surface area contributed by atoms with Crippen molar-refractivity contribution in [2.45, 2.75) is 55.1 Å². The molecule has 3 aliphatic rings. The van der Waals surface area contributed by atoms with E-state index in [9.17, 15) is 13.2 Å². The second-order valence-corrected chi connectivity index (χ2v) is 10.4. The van der Waals surface area contributed by atoms with E-state index < -0.39 is 5.51 Å². The third-order valence-corrected chi connectivity index (χ3v) is 7.76. The largest absolute Gasteiger partial charge is 0.446 e. The minimum atomic E-state index is -4.42. The van der Waals surface area contributed by atoms with Crippen molar-refractivity contribution in [3.05, 3.63) is 24.0 Å². The number of nitrogen functional groups attached to an aromatic ring is 1. The number of ether oxygens (including phenoxy) is 1. The monoisotopic (exact) mass is 467 g/mol. The third-order valence-electron chi connectivity index (χ3n) is 6.98. The number of hydrogen-bond acceptors (Lipinski definition) is 6. The fourth-order valence-electron chi connectivity index (χ4n) is 5.51. The van der Waals surface area contributed by atoms with Crippen LogP contribution in [0.15, 0.2) is 23.2 Å². The second-order valence-electron chi connectivity index (χ2n) is 9.27. The smallest absolute Gasteiger partial charge is 0.383 e. The Morgan fingerprint density at radius 3 is 2.47 bits per heavy atom. The third kappa shape index (κ3) is 4.24. The lowest BCUT2D eigenvalue weighted by Crippen LogP contribution is -2.43. The molecule has 1 saturated heterocycles. The number of rotatable bonds is 5. The molecule has 2 unspecified atom stereocenters. The summed E-state index contributed by atoms with van der Waals surface area (Å²) in [7, 11) is 0. The maximum Gasteiger partial charge on any atom is 0.446 e. The topological polar surface area (TPSA) is 69.2 Å². The molecule has 10 heteroatoms. The Bertz CT molecular complexity index is 976. The summed E-state index contributed by atoms with van der Waals surface area (Å²) in [6, 6.07) is 4.30. The van der Waals surface area contributed by atoms with E-state index in [4.69, 9.17) is 15.6 Å². The summed E-state index contributed by atoms with van der Waals surface area (Å²) in [5, 5.41) is 4.76. The molecule has 2 aromatic rings. The van der Waals surface area contributed by atoms with Crippen LogP contribution in [0, 0.1) is 11.8 Å². The highest BCUT2D eigenvalue weighted by molar-refractivity contribution is 8.00. The minimum Gasteiger partial charge on any atom is -0.383 e. The van der Waals surface area contributed by atoms with Crippen LogP contribution in [-0.4, -0.2) is 57.5 Å². The van der Waals surface area contributed by atoms with E-state index in [-0.39, 0.29) is 28.5 Å². The summed E-state index contributed by atoms with van der Waals surface area (Å²) >= 11 is -0.236. The van der Waals surface area contributed by atoms with Crippen molar-refractivity contribution >= 4 is 17.6 Å². The molecule has 3 heterocycles. The summed E-state index contributed by atoms with van der Waals surface area (Å²) in [5.74, 6) is 1.67. The fraction of sp³-hybridized carbons (Fsp3) is 0.636. The van der Waals surface area contributed by atoms with Crippen LogP contribution >= 0.6 is 11.8 Å². The Balaban J connectivity index is 1.36. The van der Waals surface area contributed by atoms with Crippen LogP contribution in [0.5, 0.6) is 0 Å². The van der Waals surface area contributed by atoms with Gasteiger partial charge in [0.25, 0.3) is 0 Å². The van der Waals surface area contributed by atoms with Gasteiger partial charge in [0.2, 0.25) is 0 Å². The van der Waals surface area contributed by atoms with E-state index in [1.807, 2.05) is 10.7 Å². The molecule has 32 heavy (non-hydrogen) atoms. The molecule has 3 fully saturated rings. The molecule has 2 saturated carbocycles. The Labute approximate surface area is 189 Å². The van der Waals surface area contributed by atoms with Gasteiger partial charge in [-0.2, -0.15) is 18.3 Å². The van der Waals surface area contributed by atoms with Crippen LogP contribution in [0.1, 0.15) is 44.3 Å². The van der Waals surface area contributed by atoms with E-state index in [0.717, 1.165) is 26.3 Å². The Morgan fingerprint density at radius 1 is 1.16 bits per heavy atom. The van der Waals surface area contributed by atoms with Gasteiger partial charge in [-0.05, 0) is 62.4 Å². The first-order valence-electron chi connectivity index (χ1n) is 11.1. The van der Waals surface area contributed by atoms with Gasteiger partial charge in [-0.1, -0.05) is 0 Å². The van der Waals surface area contributed by atoms with Crippen LogP contribution in [0.25, 0.3) is 11.3 Å². The lowest BCUT2D eigenvalue weighted by molar-refractivity contribution is -0.0328. The average Bonchev–Trinajstić information content (AvgIpc) is 3.09. The first-order valence-corrected chi connectivity index (χ1v) is 12.0. The maximum atomic E-state index is 12.9. The molecule has 0 spiro atoms. The molecule has 2 atom stereocenters. The number of halogens is 3. The van der Waals surface area contributed by atoms with Crippen molar-refractivity contribution in [2.75, 3.05) is 32.0 Å². The quantitative estimate of drug-likeness (QED) is 0.651. The van der Waals surface area contributed by atoms with Gasteiger partial charge < -0.3 is 10.5 Å². The zero-order chi connectivity index (χ0) is 22.6. The van der Waals surface area contributed by atoms with Gasteiger partial charge in [0.15, 0.2) is 0 Å². The Hall–Kier alpha value is -1.78. The zero-order valence-corrected chi connectivity index (χ0v) is 19.0. The predicted octanol–water partition coefficient (Wildman–Crippen LogP) is 4.54. The second kappa shape index (κ2) is 8.22. The van der Waals surface area contributed by atoms with Crippen molar-refractivity contribution in [3.8, 4) is 11.3 Å². The normalized spacial score (nSPS) is 28.3. The molecular weight excluding hydrogens is 439 g/mol. The van der Waals surface area contributed by atoms with Gasteiger partial charge in [-0.25, -0.2) is 4.98 Å². The highest BCUT2D eigenvalue weighted by atomic mass is 32.2. The van der Waals surface area contributed by atoms with Crippen LogP contribution < -0.4 is 5.73 Å². The fourth-order valence-corrected chi connectivity index (χ4v) is 6.10. The summed E-state index contributed by atoms with van der Waals surface area (Å²) in [4.78, 5) is 6.47. The molecule has 0 amide bonds. The van der Waals surface area contributed by atoms with E-state index in [0.29, 0.717) is 35.1 Å². The Morgan fingerprint density at radius 2 is 1.84 bits per heavy atom. The average molecular weight is 468 g/mol. The van der Waals surface area contributed by atoms with Gasteiger partial charge in [-0.3, -0.25) is 9.58 Å². The van der Waals surface area contributed by atoms with Crippen molar-refractivity contribution in [1.29, 1.82) is 0 Å². The number of fused-ring (bicyclic) bond motifs is 1. The molecule has 6 nitrogen and oxygen atoms in total. The molecule has 2 aromatic heterocycles. The molecule has 2 N–H and O–H groups in total. The molecule has 2 aliphatic carbocycles. The summed E-state index contributed by atoms with van der Waals surface area (Å²) < 4.78 is 46.2. The number of nitrogens with two attached hydrogens (primary N) is 1. The summed E-state index contributed by atoms with van der Waals surface area (Å²) in [6.07, 6.45) is 3.90. The zero-order valence-electron chi connectivity index (χ0n) is 18.2. The van der Waals surface area contributed by atoms with Crippen LogP contribution in [-0.2, 0) is 4.74 Å².